The van der Waals surface area contributed by atoms with Gasteiger partial charge in [0.1, 0.15) is 4.90 Å². The summed E-state index contributed by atoms with van der Waals surface area (Å²) in [6.45, 7) is 4.13. The fraction of sp³-hybridized carbons (Fsp3) is 0.600. The van der Waals surface area contributed by atoms with Gasteiger partial charge in [0.15, 0.2) is 5.69 Å². The van der Waals surface area contributed by atoms with Gasteiger partial charge >= 0.3 is 0 Å². The van der Waals surface area contributed by atoms with E-state index in [1.807, 2.05) is 6.92 Å². The average molecular weight is 294 g/mol. The first-order valence-corrected chi connectivity index (χ1v) is 7.91. The van der Waals surface area contributed by atoms with E-state index >= 15 is 0 Å². The zero-order chi connectivity index (χ0) is 13.9. The van der Waals surface area contributed by atoms with Gasteiger partial charge in [-0.15, -0.1) is 0 Å². The number of aromatic nitrogens is 2. The van der Waals surface area contributed by atoms with Gasteiger partial charge in [-0.25, -0.2) is 8.42 Å². The maximum atomic E-state index is 12.0. The number of hydrogen-bond donors (Lipinski definition) is 1. The van der Waals surface area contributed by atoms with Crippen LogP contribution in [0.25, 0.3) is 0 Å². The Balaban J connectivity index is 3.34. The highest BCUT2D eigenvalue weighted by atomic mass is 35.7. The standard InChI is InChI=1S/C10H16ClN3O3S/c1-4-6-7-9(18(11,16)17)8(13-12-7)10(15)14(3)5-2/h4-6H2,1-3H3,(H,12,13). The minimum absolute atomic E-state index is 0.141. The lowest BCUT2D eigenvalue weighted by Crippen LogP contribution is -2.27. The van der Waals surface area contributed by atoms with Crippen LogP contribution < -0.4 is 0 Å². The van der Waals surface area contributed by atoms with E-state index in [9.17, 15) is 13.2 Å². The highest BCUT2D eigenvalue weighted by molar-refractivity contribution is 8.13. The summed E-state index contributed by atoms with van der Waals surface area (Å²) in [5.74, 6) is -0.463. The Labute approximate surface area is 111 Å². The van der Waals surface area contributed by atoms with Crippen molar-refractivity contribution in [3.63, 3.8) is 0 Å². The molecule has 102 valence electrons. The average Bonchev–Trinajstić information content (AvgIpc) is 2.71. The molecule has 1 amide bonds. The molecular formula is C10H16ClN3O3S. The first-order valence-electron chi connectivity index (χ1n) is 5.60. The van der Waals surface area contributed by atoms with Crippen LogP contribution in [0.4, 0.5) is 0 Å². The molecule has 0 spiro atoms. The van der Waals surface area contributed by atoms with E-state index in [0.29, 0.717) is 18.7 Å². The third kappa shape index (κ3) is 3.02. The van der Waals surface area contributed by atoms with E-state index in [1.165, 1.54) is 4.90 Å². The number of aromatic amines is 1. The Morgan fingerprint density at radius 1 is 1.44 bits per heavy atom. The molecule has 1 rings (SSSR count). The van der Waals surface area contributed by atoms with Crippen LogP contribution in [0.3, 0.4) is 0 Å². The Kier molecular flexibility index (Phi) is 4.75. The number of aryl methyl sites for hydroxylation is 1. The van der Waals surface area contributed by atoms with Crippen molar-refractivity contribution in [2.75, 3.05) is 13.6 Å². The molecule has 1 aromatic rings. The lowest BCUT2D eigenvalue weighted by Gasteiger charge is -2.13. The molecule has 1 aromatic heterocycles. The van der Waals surface area contributed by atoms with Gasteiger partial charge in [0.25, 0.3) is 15.0 Å². The molecule has 0 aliphatic carbocycles. The molecule has 1 heterocycles. The minimum atomic E-state index is -4.00. The zero-order valence-electron chi connectivity index (χ0n) is 10.5. The van der Waals surface area contributed by atoms with Crippen LogP contribution in [0.5, 0.6) is 0 Å². The zero-order valence-corrected chi connectivity index (χ0v) is 12.1. The Morgan fingerprint density at radius 2 is 2.06 bits per heavy atom. The van der Waals surface area contributed by atoms with Crippen molar-refractivity contribution in [2.24, 2.45) is 0 Å². The van der Waals surface area contributed by atoms with Gasteiger partial charge in [-0.1, -0.05) is 13.3 Å². The summed E-state index contributed by atoms with van der Waals surface area (Å²) < 4.78 is 23.1. The van der Waals surface area contributed by atoms with Crippen LogP contribution in [-0.2, 0) is 15.5 Å². The molecular weight excluding hydrogens is 278 g/mol. The minimum Gasteiger partial charge on any atom is -0.341 e. The highest BCUT2D eigenvalue weighted by Gasteiger charge is 2.29. The van der Waals surface area contributed by atoms with E-state index in [1.54, 1.807) is 14.0 Å². The Morgan fingerprint density at radius 3 is 2.50 bits per heavy atom. The topological polar surface area (TPSA) is 83.1 Å². The van der Waals surface area contributed by atoms with Crippen LogP contribution in [0.2, 0.25) is 0 Å². The van der Waals surface area contributed by atoms with Crippen molar-refractivity contribution in [1.29, 1.82) is 0 Å². The SMILES string of the molecule is CCCc1[nH]nc(C(=O)N(C)CC)c1S(=O)(=O)Cl. The molecule has 8 heteroatoms. The van der Waals surface area contributed by atoms with Gasteiger partial charge in [0, 0.05) is 24.3 Å². The van der Waals surface area contributed by atoms with Crippen LogP contribution in [0, 0.1) is 0 Å². The number of rotatable bonds is 5. The predicted molar refractivity (Wildman–Crippen MR) is 68.3 cm³/mol. The fourth-order valence-electron chi connectivity index (χ4n) is 1.52. The molecule has 1 N–H and O–H groups in total. The molecule has 6 nitrogen and oxygen atoms in total. The van der Waals surface area contributed by atoms with E-state index < -0.39 is 15.0 Å². The molecule has 0 aliphatic rings. The number of hydrogen-bond acceptors (Lipinski definition) is 4. The van der Waals surface area contributed by atoms with Crippen LogP contribution in [-0.4, -0.2) is 43.0 Å². The monoisotopic (exact) mass is 293 g/mol. The molecule has 0 saturated carbocycles. The number of amides is 1. The molecule has 0 aliphatic heterocycles. The number of carbonyl (C=O) groups is 1. The first kappa shape index (κ1) is 15.0. The second kappa shape index (κ2) is 5.71. The summed E-state index contributed by atoms with van der Waals surface area (Å²) in [4.78, 5) is 13.2. The lowest BCUT2D eigenvalue weighted by atomic mass is 10.2. The molecule has 0 aromatic carbocycles. The van der Waals surface area contributed by atoms with Crippen molar-refractivity contribution in [1.82, 2.24) is 15.1 Å². The van der Waals surface area contributed by atoms with E-state index in [4.69, 9.17) is 10.7 Å². The molecule has 0 bridgehead atoms. The number of halogens is 1. The smallest absolute Gasteiger partial charge is 0.275 e. The number of carbonyl (C=O) groups excluding carboxylic acids is 1. The van der Waals surface area contributed by atoms with Gasteiger partial charge in [-0.3, -0.25) is 9.89 Å². The normalized spacial score (nSPS) is 11.6. The molecule has 0 saturated heterocycles. The van der Waals surface area contributed by atoms with Crippen molar-refractivity contribution >= 4 is 25.6 Å². The first-order chi connectivity index (χ1) is 8.32. The fourth-order valence-corrected chi connectivity index (χ4v) is 2.82. The second-order valence-electron chi connectivity index (χ2n) is 3.89. The predicted octanol–water partition coefficient (Wildman–Crippen LogP) is 1.38. The summed E-state index contributed by atoms with van der Waals surface area (Å²) >= 11 is 0. The molecule has 18 heavy (non-hydrogen) atoms. The summed E-state index contributed by atoms with van der Waals surface area (Å²) in [5, 5.41) is 6.37. The van der Waals surface area contributed by atoms with Gasteiger partial charge in [0.05, 0.1) is 5.69 Å². The van der Waals surface area contributed by atoms with Gasteiger partial charge < -0.3 is 4.90 Å². The number of H-pyrrole nitrogens is 1. The van der Waals surface area contributed by atoms with E-state index in [-0.39, 0.29) is 10.6 Å². The lowest BCUT2D eigenvalue weighted by molar-refractivity contribution is 0.0793. The maximum absolute atomic E-state index is 12.0. The molecule has 0 fully saturated rings. The van der Waals surface area contributed by atoms with Crippen LogP contribution in [0.1, 0.15) is 36.5 Å². The molecule has 0 radical (unpaired) electrons. The maximum Gasteiger partial charge on any atom is 0.275 e. The van der Waals surface area contributed by atoms with E-state index in [2.05, 4.69) is 10.2 Å². The Bertz CT molecular complexity index is 539. The summed E-state index contributed by atoms with van der Waals surface area (Å²) in [6, 6.07) is 0. The van der Waals surface area contributed by atoms with Crippen molar-refractivity contribution in [3.8, 4) is 0 Å². The molecule has 0 atom stereocenters. The van der Waals surface area contributed by atoms with Crippen molar-refractivity contribution in [3.05, 3.63) is 11.4 Å². The quantitative estimate of drug-likeness (QED) is 0.831. The van der Waals surface area contributed by atoms with E-state index in [0.717, 1.165) is 6.42 Å². The Hall–Kier alpha value is -1.08. The highest BCUT2D eigenvalue weighted by Crippen LogP contribution is 2.24. The summed E-state index contributed by atoms with van der Waals surface area (Å²) in [5.41, 5.74) is 0.234. The summed E-state index contributed by atoms with van der Waals surface area (Å²) in [6.07, 6.45) is 1.19. The third-order valence-electron chi connectivity index (χ3n) is 2.56. The summed E-state index contributed by atoms with van der Waals surface area (Å²) in [7, 11) is 2.95. The largest absolute Gasteiger partial charge is 0.341 e. The van der Waals surface area contributed by atoms with Gasteiger partial charge in [-0.05, 0) is 13.3 Å². The number of nitrogens with zero attached hydrogens (tertiary/aromatic N) is 2. The second-order valence-corrected chi connectivity index (χ2v) is 6.39. The van der Waals surface area contributed by atoms with Gasteiger partial charge in [0.2, 0.25) is 0 Å². The third-order valence-corrected chi connectivity index (χ3v) is 3.95. The van der Waals surface area contributed by atoms with Crippen molar-refractivity contribution < 1.29 is 13.2 Å². The van der Waals surface area contributed by atoms with Crippen molar-refractivity contribution in [2.45, 2.75) is 31.6 Å². The molecule has 0 unspecified atom stereocenters. The van der Waals surface area contributed by atoms with Crippen LogP contribution in [0.15, 0.2) is 4.90 Å². The van der Waals surface area contributed by atoms with Crippen LogP contribution >= 0.6 is 10.7 Å². The van der Waals surface area contributed by atoms with Gasteiger partial charge in [-0.2, -0.15) is 5.10 Å². The number of nitrogens with one attached hydrogen (secondary N) is 1.